The third-order valence-electron chi connectivity index (χ3n) is 3.05. The van der Waals surface area contributed by atoms with Gasteiger partial charge in [0.1, 0.15) is 5.69 Å². The summed E-state index contributed by atoms with van der Waals surface area (Å²) in [6.07, 6.45) is 2.61. The summed E-state index contributed by atoms with van der Waals surface area (Å²) in [6.45, 7) is 4.42. The second-order valence-electron chi connectivity index (χ2n) is 4.76. The zero-order valence-electron chi connectivity index (χ0n) is 11.6. The van der Waals surface area contributed by atoms with E-state index in [9.17, 15) is 10.1 Å². The van der Waals surface area contributed by atoms with E-state index in [0.29, 0.717) is 12.2 Å². The van der Waals surface area contributed by atoms with Crippen LogP contribution in [0.15, 0.2) is 36.5 Å². The van der Waals surface area contributed by atoms with Gasteiger partial charge in [0.05, 0.1) is 4.92 Å². The molecule has 20 heavy (non-hydrogen) atoms. The van der Waals surface area contributed by atoms with Crippen LogP contribution < -0.4 is 5.32 Å². The second-order valence-corrected chi connectivity index (χ2v) is 4.76. The normalized spacial score (nSPS) is 10.3. The molecule has 0 saturated heterocycles. The maximum atomic E-state index is 11.0. The van der Waals surface area contributed by atoms with Crippen molar-refractivity contribution in [3.63, 3.8) is 0 Å². The maximum absolute atomic E-state index is 11.0. The number of rotatable bonds is 5. The van der Waals surface area contributed by atoms with Gasteiger partial charge in [0.15, 0.2) is 0 Å². The van der Waals surface area contributed by atoms with Crippen molar-refractivity contribution in [3.05, 3.63) is 63.5 Å². The van der Waals surface area contributed by atoms with Gasteiger partial charge in [-0.2, -0.15) is 0 Å². The molecule has 0 unspecified atom stereocenters. The minimum atomic E-state index is -0.358. The molecule has 0 aliphatic carbocycles. The number of aromatic nitrogens is 1. The molecule has 0 amide bonds. The van der Waals surface area contributed by atoms with E-state index in [1.54, 1.807) is 12.1 Å². The molecule has 2 rings (SSSR count). The van der Waals surface area contributed by atoms with Crippen molar-refractivity contribution in [1.29, 1.82) is 0 Å². The Kier molecular flexibility index (Phi) is 4.30. The van der Waals surface area contributed by atoms with Crippen molar-refractivity contribution in [3.8, 4) is 0 Å². The van der Waals surface area contributed by atoms with Crippen LogP contribution in [-0.2, 0) is 6.42 Å². The highest BCUT2D eigenvalue weighted by molar-refractivity contribution is 5.62. The maximum Gasteiger partial charge on any atom is 0.292 e. The number of hydrogen-bond donors (Lipinski definition) is 1. The number of anilines is 1. The van der Waals surface area contributed by atoms with Gasteiger partial charge in [0.25, 0.3) is 5.69 Å². The number of aryl methyl sites for hydroxylation is 2. The molecule has 1 N–H and O–H groups in total. The van der Waals surface area contributed by atoms with Crippen LogP contribution in [-0.4, -0.2) is 16.5 Å². The predicted octanol–water partition coefficient (Wildman–Crippen LogP) is 3.26. The molecule has 1 aromatic heterocycles. The van der Waals surface area contributed by atoms with E-state index < -0.39 is 0 Å². The number of pyridine rings is 1. The Hall–Kier alpha value is -2.43. The highest BCUT2D eigenvalue weighted by Gasteiger charge is 2.12. The van der Waals surface area contributed by atoms with E-state index >= 15 is 0 Å². The molecule has 0 aliphatic heterocycles. The van der Waals surface area contributed by atoms with Gasteiger partial charge in [-0.1, -0.05) is 12.1 Å². The van der Waals surface area contributed by atoms with Crippen molar-refractivity contribution in [2.75, 3.05) is 11.9 Å². The van der Waals surface area contributed by atoms with Crippen LogP contribution in [0.25, 0.3) is 0 Å². The van der Waals surface area contributed by atoms with Crippen LogP contribution >= 0.6 is 0 Å². The highest BCUT2D eigenvalue weighted by Crippen LogP contribution is 2.25. The topological polar surface area (TPSA) is 68.1 Å². The molecule has 0 saturated carbocycles. The molecule has 2 aromatic rings. The van der Waals surface area contributed by atoms with E-state index in [4.69, 9.17) is 0 Å². The summed E-state index contributed by atoms with van der Waals surface area (Å²) in [4.78, 5) is 14.9. The number of nitro groups is 1. The van der Waals surface area contributed by atoms with E-state index in [1.165, 1.54) is 0 Å². The average Bonchev–Trinajstić information content (AvgIpc) is 2.42. The van der Waals surface area contributed by atoms with E-state index in [1.807, 2.05) is 38.2 Å². The molecular formula is C15H17N3O2. The number of hydrogen-bond acceptors (Lipinski definition) is 4. The zero-order valence-corrected chi connectivity index (χ0v) is 11.6. The van der Waals surface area contributed by atoms with Crippen molar-refractivity contribution in [2.24, 2.45) is 0 Å². The molecule has 104 valence electrons. The lowest BCUT2D eigenvalue weighted by Gasteiger charge is -2.08. The van der Waals surface area contributed by atoms with Crippen LogP contribution in [0, 0.1) is 24.0 Å². The molecule has 1 aromatic carbocycles. The first-order valence-electron chi connectivity index (χ1n) is 6.47. The number of nitrogens with one attached hydrogen (secondary N) is 1. The fourth-order valence-electron chi connectivity index (χ4n) is 1.93. The summed E-state index contributed by atoms with van der Waals surface area (Å²) in [5.41, 5.74) is 3.64. The summed E-state index contributed by atoms with van der Waals surface area (Å²) in [7, 11) is 0. The Morgan fingerprint density at radius 1 is 1.25 bits per heavy atom. The average molecular weight is 271 g/mol. The largest absolute Gasteiger partial charge is 0.379 e. The monoisotopic (exact) mass is 271 g/mol. The summed E-state index contributed by atoms with van der Waals surface area (Å²) in [5, 5.41) is 14.1. The molecule has 0 atom stereocenters. The molecule has 0 aliphatic rings. The van der Waals surface area contributed by atoms with Crippen molar-refractivity contribution < 1.29 is 4.92 Å². The van der Waals surface area contributed by atoms with Gasteiger partial charge in [0, 0.05) is 24.5 Å². The summed E-state index contributed by atoms with van der Waals surface area (Å²) in [6, 6.07) is 9.18. The van der Waals surface area contributed by atoms with E-state index in [-0.39, 0.29) is 10.6 Å². The van der Waals surface area contributed by atoms with Crippen molar-refractivity contribution >= 4 is 11.4 Å². The third-order valence-corrected chi connectivity index (χ3v) is 3.05. The van der Waals surface area contributed by atoms with Crippen molar-refractivity contribution in [2.45, 2.75) is 20.3 Å². The Balaban J connectivity index is 2.00. The van der Waals surface area contributed by atoms with Crippen LogP contribution in [0.1, 0.15) is 16.8 Å². The number of nitrogens with zero attached hydrogens (tertiary/aromatic N) is 2. The number of benzene rings is 1. The van der Waals surface area contributed by atoms with Gasteiger partial charge in [-0.05, 0) is 43.5 Å². The molecule has 0 bridgehead atoms. The van der Waals surface area contributed by atoms with Gasteiger partial charge >= 0.3 is 0 Å². The quantitative estimate of drug-likeness (QED) is 0.669. The van der Waals surface area contributed by atoms with Crippen molar-refractivity contribution in [1.82, 2.24) is 4.98 Å². The first-order chi connectivity index (χ1) is 9.56. The van der Waals surface area contributed by atoms with E-state index in [0.717, 1.165) is 23.2 Å². The van der Waals surface area contributed by atoms with Crippen LogP contribution in [0.4, 0.5) is 11.4 Å². The highest BCUT2D eigenvalue weighted by atomic mass is 16.6. The Morgan fingerprint density at radius 3 is 2.70 bits per heavy atom. The van der Waals surface area contributed by atoms with Crippen LogP contribution in [0.3, 0.4) is 0 Å². The molecule has 5 nitrogen and oxygen atoms in total. The van der Waals surface area contributed by atoms with E-state index in [2.05, 4.69) is 10.3 Å². The lowest BCUT2D eigenvalue weighted by atomic mass is 10.1. The lowest BCUT2D eigenvalue weighted by Crippen LogP contribution is -2.07. The standard InChI is InChI=1S/C15H17N3O2/c1-11-3-6-14(15(9-11)18(19)20)16-8-7-13-5-4-12(2)17-10-13/h3-6,9-10,16H,7-8H2,1-2H3. The summed E-state index contributed by atoms with van der Waals surface area (Å²) in [5.74, 6) is 0. The second kappa shape index (κ2) is 6.14. The van der Waals surface area contributed by atoms with Gasteiger partial charge in [-0.25, -0.2) is 0 Å². The third kappa shape index (κ3) is 3.54. The van der Waals surface area contributed by atoms with Gasteiger partial charge in [-0.3, -0.25) is 15.1 Å². The van der Waals surface area contributed by atoms with Crippen LogP contribution in [0.5, 0.6) is 0 Å². The molecule has 1 heterocycles. The Bertz CT molecular complexity index is 609. The Morgan fingerprint density at radius 2 is 2.05 bits per heavy atom. The molecule has 5 heteroatoms. The molecule has 0 spiro atoms. The molecule has 0 radical (unpaired) electrons. The lowest BCUT2D eigenvalue weighted by molar-refractivity contribution is -0.384. The molecule has 0 fully saturated rings. The van der Waals surface area contributed by atoms with Gasteiger partial charge in [-0.15, -0.1) is 0 Å². The van der Waals surface area contributed by atoms with Gasteiger partial charge < -0.3 is 5.32 Å². The molecular weight excluding hydrogens is 254 g/mol. The SMILES string of the molecule is Cc1ccc(NCCc2ccc(C)nc2)c([N+](=O)[O-])c1. The van der Waals surface area contributed by atoms with Gasteiger partial charge in [0.2, 0.25) is 0 Å². The minimum Gasteiger partial charge on any atom is -0.379 e. The minimum absolute atomic E-state index is 0.118. The summed E-state index contributed by atoms with van der Waals surface area (Å²) >= 11 is 0. The summed E-state index contributed by atoms with van der Waals surface area (Å²) < 4.78 is 0. The fourth-order valence-corrected chi connectivity index (χ4v) is 1.93. The zero-order chi connectivity index (χ0) is 14.5. The number of nitro benzene ring substituents is 1. The first-order valence-corrected chi connectivity index (χ1v) is 6.47. The fraction of sp³-hybridized carbons (Fsp3) is 0.267. The smallest absolute Gasteiger partial charge is 0.292 e. The first kappa shape index (κ1) is 14.0. The predicted molar refractivity (Wildman–Crippen MR) is 79.0 cm³/mol. The Labute approximate surface area is 117 Å². The van der Waals surface area contributed by atoms with Crippen LogP contribution in [0.2, 0.25) is 0 Å².